The number of ether oxygens (including phenoxy) is 1. The van der Waals surface area contributed by atoms with Crippen molar-refractivity contribution >= 4 is 10.1 Å². The lowest BCUT2D eigenvalue weighted by atomic mass is 10.2. The first kappa shape index (κ1) is 15.9. The second kappa shape index (κ2) is 8.09. The van der Waals surface area contributed by atoms with Crippen LogP contribution in [-0.4, -0.2) is 28.7 Å². The number of hydrogen-bond donors (Lipinski definition) is 0. The average Bonchev–Trinajstić information content (AvgIpc) is 2.38. The molecule has 0 aliphatic rings. The van der Waals surface area contributed by atoms with Gasteiger partial charge in [0.2, 0.25) is 0 Å². The molecule has 106 valence electrons. The zero-order valence-electron chi connectivity index (χ0n) is 11.3. The first-order valence-electron chi connectivity index (χ1n) is 6.16. The molecular weight excluding hydrogens is 264 g/mol. The van der Waals surface area contributed by atoms with Crippen LogP contribution in [0.15, 0.2) is 41.3 Å². The summed E-state index contributed by atoms with van der Waals surface area (Å²) in [6.07, 6.45) is 5.23. The molecule has 0 bridgehead atoms. The molecule has 0 saturated heterocycles. The molecule has 19 heavy (non-hydrogen) atoms. The quantitative estimate of drug-likeness (QED) is 0.418. The van der Waals surface area contributed by atoms with Gasteiger partial charge in [0, 0.05) is 13.7 Å². The minimum Gasteiger partial charge on any atom is -0.384 e. The lowest BCUT2D eigenvalue weighted by Crippen LogP contribution is -2.07. The van der Waals surface area contributed by atoms with Crippen LogP contribution in [-0.2, 0) is 19.0 Å². The zero-order chi connectivity index (χ0) is 14.1. The summed E-state index contributed by atoms with van der Waals surface area (Å²) in [4.78, 5) is 0.196. The van der Waals surface area contributed by atoms with Gasteiger partial charge in [-0.3, -0.25) is 4.18 Å². The Hall–Kier alpha value is -1.17. The van der Waals surface area contributed by atoms with E-state index < -0.39 is 10.1 Å². The lowest BCUT2D eigenvalue weighted by Gasteiger charge is -2.04. The molecule has 0 N–H and O–H groups in total. The maximum absolute atomic E-state index is 11.8. The van der Waals surface area contributed by atoms with E-state index in [-0.39, 0.29) is 11.5 Å². The van der Waals surface area contributed by atoms with Crippen molar-refractivity contribution in [3.63, 3.8) is 0 Å². The Labute approximate surface area is 115 Å². The highest BCUT2D eigenvalue weighted by atomic mass is 32.2. The fraction of sp³-hybridized carbons (Fsp3) is 0.429. The summed E-state index contributed by atoms with van der Waals surface area (Å²) in [5.74, 6) is 0. The van der Waals surface area contributed by atoms with Gasteiger partial charge in [-0.2, -0.15) is 8.42 Å². The average molecular weight is 284 g/mol. The zero-order valence-corrected chi connectivity index (χ0v) is 12.2. The van der Waals surface area contributed by atoms with E-state index in [4.69, 9.17) is 8.92 Å². The van der Waals surface area contributed by atoms with E-state index in [9.17, 15) is 8.42 Å². The molecule has 1 aromatic rings. The fourth-order valence-electron chi connectivity index (χ4n) is 1.42. The Balaban J connectivity index is 2.39. The monoisotopic (exact) mass is 284 g/mol. The van der Waals surface area contributed by atoms with Crippen LogP contribution in [0.4, 0.5) is 0 Å². The van der Waals surface area contributed by atoms with Gasteiger partial charge in [-0.25, -0.2) is 0 Å². The lowest BCUT2D eigenvalue weighted by molar-refractivity contribution is 0.204. The molecule has 5 heteroatoms. The number of benzene rings is 1. The topological polar surface area (TPSA) is 52.6 Å². The molecular formula is C14H20O4S. The highest BCUT2D eigenvalue weighted by Gasteiger charge is 2.13. The maximum Gasteiger partial charge on any atom is 0.296 e. The second-order valence-electron chi connectivity index (χ2n) is 4.13. The standard InChI is InChI=1S/C14H20O4S/c1-13-7-9-14(10-8-13)19(15,16)18-12-6-4-3-5-11-17-2/h3-4,7-10H,5-6,11-12H2,1-2H3/b4-3-. The van der Waals surface area contributed by atoms with E-state index in [0.29, 0.717) is 13.0 Å². The third-order valence-electron chi connectivity index (χ3n) is 2.49. The number of rotatable bonds is 8. The molecule has 0 aromatic heterocycles. The predicted octanol–water partition coefficient (Wildman–Crippen LogP) is 2.68. The summed E-state index contributed by atoms with van der Waals surface area (Å²) >= 11 is 0. The fourth-order valence-corrected chi connectivity index (χ4v) is 2.34. The minimum absolute atomic E-state index is 0.152. The number of hydrogen-bond acceptors (Lipinski definition) is 4. The van der Waals surface area contributed by atoms with Crippen molar-refractivity contribution in [2.24, 2.45) is 0 Å². The molecule has 0 fully saturated rings. The van der Waals surface area contributed by atoms with Crippen molar-refractivity contribution in [3.05, 3.63) is 42.0 Å². The van der Waals surface area contributed by atoms with Crippen molar-refractivity contribution in [1.29, 1.82) is 0 Å². The van der Waals surface area contributed by atoms with Crippen LogP contribution in [0, 0.1) is 6.92 Å². The molecule has 0 radical (unpaired) electrons. The molecule has 0 aliphatic heterocycles. The highest BCUT2D eigenvalue weighted by Crippen LogP contribution is 2.13. The van der Waals surface area contributed by atoms with Gasteiger partial charge in [-0.15, -0.1) is 0 Å². The molecule has 0 saturated carbocycles. The minimum atomic E-state index is -3.63. The molecule has 0 heterocycles. The Kier molecular flexibility index (Phi) is 6.77. The summed E-state index contributed by atoms with van der Waals surface area (Å²) in [5.41, 5.74) is 1.01. The molecule has 4 nitrogen and oxygen atoms in total. The first-order chi connectivity index (χ1) is 9.06. The van der Waals surface area contributed by atoms with Gasteiger partial charge in [0.05, 0.1) is 11.5 Å². The van der Waals surface area contributed by atoms with Crippen molar-refractivity contribution in [2.75, 3.05) is 20.3 Å². The van der Waals surface area contributed by atoms with Crippen LogP contribution in [0.25, 0.3) is 0 Å². The number of methoxy groups -OCH3 is 1. The molecule has 0 atom stereocenters. The van der Waals surface area contributed by atoms with Crippen LogP contribution in [0.5, 0.6) is 0 Å². The first-order valence-corrected chi connectivity index (χ1v) is 7.57. The van der Waals surface area contributed by atoms with Gasteiger partial charge in [0.25, 0.3) is 10.1 Å². The van der Waals surface area contributed by atoms with Crippen LogP contribution in [0.2, 0.25) is 0 Å². The van der Waals surface area contributed by atoms with Crippen LogP contribution in [0.1, 0.15) is 18.4 Å². The Morgan fingerprint density at radius 2 is 1.63 bits per heavy atom. The van der Waals surface area contributed by atoms with E-state index >= 15 is 0 Å². The van der Waals surface area contributed by atoms with E-state index in [1.807, 2.05) is 19.1 Å². The van der Waals surface area contributed by atoms with Crippen LogP contribution >= 0.6 is 0 Å². The van der Waals surface area contributed by atoms with E-state index in [1.165, 1.54) is 0 Å². The van der Waals surface area contributed by atoms with Gasteiger partial charge in [-0.1, -0.05) is 29.8 Å². The molecule has 0 unspecified atom stereocenters. The van der Waals surface area contributed by atoms with Gasteiger partial charge < -0.3 is 4.74 Å². The molecule has 0 spiro atoms. The third-order valence-corrected chi connectivity index (χ3v) is 3.81. The summed E-state index contributed by atoms with van der Waals surface area (Å²) in [6.45, 7) is 2.72. The normalized spacial score (nSPS) is 12.1. The van der Waals surface area contributed by atoms with Gasteiger partial charge >= 0.3 is 0 Å². The Bertz CT molecular complexity index is 489. The largest absolute Gasteiger partial charge is 0.384 e. The summed E-state index contributed by atoms with van der Waals surface area (Å²) in [6, 6.07) is 6.61. The van der Waals surface area contributed by atoms with Crippen molar-refractivity contribution in [3.8, 4) is 0 Å². The molecule has 0 aliphatic carbocycles. The van der Waals surface area contributed by atoms with Crippen molar-refractivity contribution in [2.45, 2.75) is 24.7 Å². The number of aryl methyl sites for hydroxylation is 1. The van der Waals surface area contributed by atoms with E-state index in [0.717, 1.165) is 12.0 Å². The molecule has 0 amide bonds. The maximum atomic E-state index is 11.8. The van der Waals surface area contributed by atoms with Gasteiger partial charge in [0.1, 0.15) is 0 Å². The summed E-state index contributed by atoms with van der Waals surface area (Å²) < 4.78 is 33.5. The summed E-state index contributed by atoms with van der Waals surface area (Å²) in [7, 11) is -1.99. The van der Waals surface area contributed by atoms with Gasteiger partial charge in [0.15, 0.2) is 0 Å². The van der Waals surface area contributed by atoms with Crippen molar-refractivity contribution < 1.29 is 17.3 Å². The Morgan fingerprint density at radius 1 is 1.05 bits per heavy atom. The Morgan fingerprint density at radius 3 is 2.21 bits per heavy atom. The molecule has 1 aromatic carbocycles. The predicted molar refractivity (Wildman–Crippen MR) is 74.6 cm³/mol. The van der Waals surface area contributed by atoms with Crippen LogP contribution in [0.3, 0.4) is 0 Å². The van der Waals surface area contributed by atoms with E-state index in [1.54, 1.807) is 31.4 Å². The molecule has 1 rings (SSSR count). The second-order valence-corrected chi connectivity index (χ2v) is 5.75. The summed E-state index contributed by atoms with van der Waals surface area (Å²) in [5, 5.41) is 0. The van der Waals surface area contributed by atoms with Gasteiger partial charge in [-0.05, 0) is 31.9 Å². The van der Waals surface area contributed by atoms with Crippen LogP contribution < -0.4 is 0 Å². The van der Waals surface area contributed by atoms with E-state index in [2.05, 4.69) is 0 Å². The smallest absolute Gasteiger partial charge is 0.296 e. The highest BCUT2D eigenvalue weighted by molar-refractivity contribution is 7.86. The SMILES string of the molecule is COCC/C=C\CCOS(=O)(=O)c1ccc(C)cc1. The third kappa shape index (κ3) is 6.00. The van der Waals surface area contributed by atoms with Crippen molar-refractivity contribution in [1.82, 2.24) is 0 Å².